The Balaban J connectivity index is 1.64. The molecule has 3 aliphatic rings. The van der Waals surface area contributed by atoms with E-state index in [1.54, 1.807) is 0 Å². The number of fused-ring (bicyclic) bond motifs is 1. The summed E-state index contributed by atoms with van der Waals surface area (Å²) in [5.41, 5.74) is 0. The van der Waals surface area contributed by atoms with Crippen LogP contribution in [0.25, 0.3) is 0 Å². The summed E-state index contributed by atoms with van der Waals surface area (Å²) in [4.78, 5) is 2.44. The molecule has 3 fully saturated rings. The Hall–Kier alpha value is -0.170. The molecule has 0 spiro atoms. The molecule has 3 saturated heterocycles. The van der Waals surface area contributed by atoms with Crippen molar-refractivity contribution in [3.8, 4) is 0 Å². The van der Waals surface area contributed by atoms with Crippen LogP contribution in [-0.2, 0) is 10.0 Å². The second-order valence-electron chi connectivity index (χ2n) is 5.75. The fourth-order valence-corrected chi connectivity index (χ4v) is 5.38. The maximum absolute atomic E-state index is 12.4. The number of nitrogens with zero attached hydrogens (tertiary/aromatic N) is 1. The molecule has 0 bridgehead atoms. The van der Waals surface area contributed by atoms with Crippen LogP contribution in [0.5, 0.6) is 0 Å². The highest BCUT2D eigenvalue weighted by molar-refractivity contribution is 7.90. The summed E-state index contributed by atoms with van der Waals surface area (Å²) in [6, 6.07) is 0.619. The van der Waals surface area contributed by atoms with Gasteiger partial charge in [0.2, 0.25) is 10.0 Å². The van der Waals surface area contributed by atoms with Gasteiger partial charge in [-0.3, -0.25) is 4.90 Å². The molecular formula is C12H23N3O2S. The van der Waals surface area contributed by atoms with Crippen LogP contribution in [0, 0.1) is 0 Å². The third-order valence-electron chi connectivity index (χ3n) is 4.65. The number of nitrogens with one attached hydrogen (secondary N) is 2. The lowest BCUT2D eigenvalue weighted by Gasteiger charge is -2.27. The molecule has 104 valence electrons. The van der Waals surface area contributed by atoms with Crippen LogP contribution in [0.4, 0.5) is 0 Å². The normalized spacial score (nSPS) is 34.9. The topological polar surface area (TPSA) is 61.4 Å². The Labute approximate surface area is 109 Å². The van der Waals surface area contributed by atoms with Crippen LogP contribution in [0.1, 0.15) is 32.1 Å². The van der Waals surface area contributed by atoms with Crippen molar-refractivity contribution >= 4 is 10.0 Å². The van der Waals surface area contributed by atoms with Crippen molar-refractivity contribution < 1.29 is 8.42 Å². The monoisotopic (exact) mass is 273 g/mol. The first-order chi connectivity index (χ1) is 8.67. The lowest BCUT2D eigenvalue weighted by molar-refractivity contribution is 0.308. The van der Waals surface area contributed by atoms with Gasteiger partial charge in [0.15, 0.2) is 0 Å². The number of hydrogen-bond acceptors (Lipinski definition) is 4. The van der Waals surface area contributed by atoms with Gasteiger partial charge in [-0.2, -0.15) is 0 Å². The lowest BCUT2D eigenvalue weighted by atomic mass is 10.1. The van der Waals surface area contributed by atoms with Gasteiger partial charge in [-0.25, -0.2) is 13.1 Å². The third kappa shape index (κ3) is 2.43. The number of piperidine rings is 1. The minimum absolute atomic E-state index is 0.160. The molecule has 0 amide bonds. The van der Waals surface area contributed by atoms with Gasteiger partial charge in [0.25, 0.3) is 0 Å². The van der Waals surface area contributed by atoms with Crippen LogP contribution in [0.15, 0.2) is 0 Å². The van der Waals surface area contributed by atoms with E-state index in [1.807, 2.05) is 0 Å². The van der Waals surface area contributed by atoms with Crippen molar-refractivity contribution in [3.63, 3.8) is 0 Å². The van der Waals surface area contributed by atoms with Crippen LogP contribution in [-0.4, -0.2) is 56.8 Å². The smallest absolute Gasteiger partial charge is 0.214 e. The maximum atomic E-state index is 12.4. The average molecular weight is 273 g/mol. The van der Waals surface area contributed by atoms with E-state index in [9.17, 15) is 8.42 Å². The first-order valence-electron chi connectivity index (χ1n) is 7.13. The summed E-state index contributed by atoms with van der Waals surface area (Å²) in [5, 5.41) is 3.03. The van der Waals surface area contributed by atoms with Gasteiger partial charge in [0.1, 0.15) is 0 Å². The van der Waals surface area contributed by atoms with E-state index < -0.39 is 10.0 Å². The second-order valence-corrected chi connectivity index (χ2v) is 7.75. The minimum Gasteiger partial charge on any atom is -0.317 e. The van der Waals surface area contributed by atoms with Crippen LogP contribution >= 0.6 is 0 Å². The highest BCUT2D eigenvalue weighted by Gasteiger charge is 2.40. The van der Waals surface area contributed by atoms with Crippen molar-refractivity contribution in [2.45, 2.75) is 49.4 Å². The largest absolute Gasteiger partial charge is 0.317 e. The minimum atomic E-state index is -3.12. The Morgan fingerprint density at radius 2 is 1.83 bits per heavy atom. The standard InChI is InChI=1S/C12H23N3O2S/c16-18(17,10-3-6-13-7-4-10)14-11-5-9-15-8-1-2-12(11)15/h10-14H,1-9H2. The zero-order valence-electron chi connectivity index (χ0n) is 10.8. The van der Waals surface area contributed by atoms with Crippen LogP contribution < -0.4 is 10.0 Å². The van der Waals surface area contributed by atoms with Gasteiger partial charge in [0.05, 0.1) is 5.25 Å². The van der Waals surface area contributed by atoms with Gasteiger partial charge in [-0.05, 0) is 51.7 Å². The van der Waals surface area contributed by atoms with E-state index in [4.69, 9.17) is 0 Å². The Bertz CT molecular complexity index is 392. The molecule has 2 N–H and O–H groups in total. The number of hydrogen-bond donors (Lipinski definition) is 2. The highest BCUT2D eigenvalue weighted by Crippen LogP contribution is 2.29. The summed E-state index contributed by atoms with van der Waals surface area (Å²) < 4.78 is 27.7. The summed E-state index contributed by atoms with van der Waals surface area (Å²) in [6.07, 6.45) is 4.84. The average Bonchev–Trinajstić information content (AvgIpc) is 2.95. The summed E-state index contributed by atoms with van der Waals surface area (Å²) in [7, 11) is -3.12. The van der Waals surface area contributed by atoms with Crippen molar-refractivity contribution in [2.75, 3.05) is 26.2 Å². The zero-order chi connectivity index (χ0) is 12.6. The fraction of sp³-hybridized carbons (Fsp3) is 1.00. The molecule has 0 saturated carbocycles. The van der Waals surface area contributed by atoms with Gasteiger partial charge in [-0.15, -0.1) is 0 Å². The number of rotatable bonds is 3. The molecule has 0 radical (unpaired) electrons. The molecule has 3 heterocycles. The summed E-state index contributed by atoms with van der Waals surface area (Å²) in [6.45, 7) is 3.86. The molecule has 0 aromatic rings. The third-order valence-corrected chi connectivity index (χ3v) is 6.63. The molecule has 0 aliphatic carbocycles. The molecule has 6 heteroatoms. The van der Waals surface area contributed by atoms with Crippen LogP contribution in [0.2, 0.25) is 0 Å². The second kappa shape index (κ2) is 5.07. The van der Waals surface area contributed by atoms with Gasteiger partial charge in [0, 0.05) is 18.6 Å². The molecule has 3 aliphatic heterocycles. The Kier molecular flexibility index (Phi) is 3.62. The molecule has 2 atom stereocenters. The summed E-state index contributed by atoms with van der Waals surface area (Å²) >= 11 is 0. The lowest BCUT2D eigenvalue weighted by Crippen LogP contribution is -2.48. The molecule has 5 nitrogen and oxygen atoms in total. The molecule has 0 aromatic heterocycles. The van der Waals surface area contributed by atoms with E-state index >= 15 is 0 Å². The Morgan fingerprint density at radius 3 is 2.61 bits per heavy atom. The van der Waals surface area contributed by atoms with Crippen LogP contribution in [0.3, 0.4) is 0 Å². The van der Waals surface area contributed by atoms with Gasteiger partial charge >= 0.3 is 0 Å². The fourth-order valence-electron chi connectivity index (χ4n) is 3.63. The van der Waals surface area contributed by atoms with Crippen molar-refractivity contribution in [2.24, 2.45) is 0 Å². The predicted octanol–water partition coefficient (Wildman–Crippen LogP) is -0.105. The van der Waals surface area contributed by atoms with Crippen molar-refractivity contribution in [3.05, 3.63) is 0 Å². The SMILES string of the molecule is O=S(=O)(NC1CCN2CCCC12)C1CCNCC1. The Morgan fingerprint density at radius 1 is 1.06 bits per heavy atom. The highest BCUT2D eigenvalue weighted by atomic mass is 32.2. The molecule has 18 heavy (non-hydrogen) atoms. The van der Waals surface area contributed by atoms with Crippen molar-refractivity contribution in [1.29, 1.82) is 0 Å². The molecule has 2 unspecified atom stereocenters. The summed E-state index contributed by atoms with van der Waals surface area (Å²) in [5.74, 6) is 0. The van der Waals surface area contributed by atoms with Crippen molar-refractivity contribution in [1.82, 2.24) is 14.9 Å². The maximum Gasteiger partial charge on any atom is 0.214 e. The zero-order valence-corrected chi connectivity index (χ0v) is 11.6. The van der Waals surface area contributed by atoms with E-state index in [1.165, 1.54) is 6.42 Å². The first-order valence-corrected chi connectivity index (χ1v) is 8.67. The quantitative estimate of drug-likeness (QED) is 0.753. The molecule has 3 rings (SSSR count). The van der Waals surface area contributed by atoms with Gasteiger partial charge in [-0.1, -0.05) is 0 Å². The molecule has 0 aromatic carbocycles. The molecular weight excluding hydrogens is 250 g/mol. The van der Waals surface area contributed by atoms with E-state index in [-0.39, 0.29) is 11.3 Å². The number of sulfonamides is 1. The predicted molar refractivity (Wildman–Crippen MR) is 70.9 cm³/mol. The van der Waals surface area contributed by atoms with E-state index in [0.717, 1.165) is 51.9 Å². The van der Waals surface area contributed by atoms with E-state index in [0.29, 0.717) is 6.04 Å². The first kappa shape index (κ1) is 12.8. The van der Waals surface area contributed by atoms with Gasteiger partial charge < -0.3 is 5.32 Å². The van der Waals surface area contributed by atoms with E-state index in [2.05, 4.69) is 14.9 Å².